The van der Waals surface area contributed by atoms with Gasteiger partial charge in [0, 0.05) is 35.0 Å². The van der Waals surface area contributed by atoms with E-state index in [9.17, 15) is 4.21 Å². The highest BCUT2D eigenvalue weighted by atomic mass is 32.2. The Bertz CT molecular complexity index is 511. The van der Waals surface area contributed by atoms with Crippen molar-refractivity contribution in [1.82, 2.24) is 0 Å². The van der Waals surface area contributed by atoms with E-state index in [-0.39, 0.29) is 0 Å². The van der Waals surface area contributed by atoms with E-state index in [2.05, 4.69) is 29.6 Å². The molecule has 0 heterocycles. The first-order chi connectivity index (χ1) is 9.20. The number of benzene rings is 1. The summed E-state index contributed by atoms with van der Waals surface area (Å²) in [7, 11) is -0.769. The third-order valence-corrected chi connectivity index (χ3v) is 5.02. The summed E-state index contributed by atoms with van der Waals surface area (Å²) in [5, 5.41) is 3.55. The van der Waals surface area contributed by atoms with Crippen molar-refractivity contribution in [2.45, 2.75) is 18.6 Å². The van der Waals surface area contributed by atoms with E-state index in [1.165, 1.54) is 12.8 Å². The lowest BCUT2D eigenvalue weighted by atomic mass is 9.93. The predicted molar refractivity (Wildman–Crippen MR) is 81.5 cm³/mol. The van der Waals surface area contributed by atoms with E-state index >= 15 is 0 Å². The fraction of sp³-hybridized carbons (Fsp3) is 0.500. The molecular weight excluding hydrogens is 254 g/mol. The van der Waals surface area contributed by atoms with Crippen molar-refractivity contribution in [3.8, 4) is 0 Å². The molecule has 19 heavy (non-hydrogen) atoms. The Kier molecular flexibility index (Phi) is 3.74. The van der Waals surface area contributed by atoms with Gasteiger partial charge < -0.3 is 5.32 Å². The lowest BCUT2D eigenvalue weighted by molar-refractivity contribution is 0.472. The third-order valence-electron chi connectivity index (χ3n) is 4.28. The summed E-state index contributed by atoms with van der Waals surface area (Å²) in [4.78, 5) is 0. The van der Waals surface area contributed by atoms with Crippen LogP contribution in [0.3, 0.4) is 0 Å². The van der Waals surface area contributed by atoms with E-state index in [1.54, 1.807) is 6.26 Å². The van der Waals surface area contributed by atoms with Crippen molar-refractivity contribution in [3.63, 3.8) is 0 Å². The molecule has 0 amide bonds. The molecule has 0 saturated heterocycles. The zero-order valence-corrected chi connectivity index (χ0v) is 12.2. The fourth-order valence-corrected chi connectivity index (χ4v) is 4.03. The molecular formula is C16H21NOS. The maximum absolute atomic E-state index is 11.3. The first-order valence-corrected chi connectivity index (χ1v) is 8.74. The molecule has 0 aromatic heterocycles. The van der Waals surface area contributed by atoms with E-state index in [4.69, 9.17) is 0 Å². The molecule has 0 spiro atoms. The maximum Gasteiger partial charge on any atom is 0.0483 e. The number of anilines is 1. The largest absolute Gasteiger partial charge is 0.385 e. The van der Waals surface area contributed by atoms with Gasteiger partial charge in [0.1, 0.15) is 0 Å². The minimum absolute atomic E-state index is 0.645. The molecule has 3 rings (SSSR count). The third kappa shape index (κ3) is 3.08. The number of rotatable bonds is 5. The van der Waals surface area contributed by atoms with Gasteiger partial charge in [-0.15, -0.1) is 0 Å². The van der Waals surface area contributed by atoms with E-state index in [1.807, 2.05) is 12.1 Å². The molecule has 4 atom stereocenters. The van der Waals surface area contributed by atoms with Crippen molar-refractivity contribution >= 4 is 16.5 Å². The second-order valence-electron chi connectivity index (χ2n) is 5.84. The predicted octanol–water partition coefficient (Wildman–Crippen LogP) is 3.19. The zero-order chi connectivity index (χ0) is 13.2. The molecule has 1 saturated carbocycles. The van der Waals surface area contributed by atoms with Gasteiger partial charge in [-0.2, -0.15) is 0 Å². The van der Waals surface area contributed by atoms with Crippen LogP contribution in [-0.4, -0.2) is 17.0 Å². The molecule has 2 aliphatic carbocycles. The first-order valence-electron chi connectivity index (χ1n) is 7.02. The van der Waals surface area contributed by atoms with Crippen LogP contribution in [0.1, 0.15) is 18.4 Å². The normalized spacial score (nSPS) is 29.6. The van der Waals surface area contributed by atoms with Crippen LogP contribution in [0.25, 0.3) is 0 Å². The molecule has 1 aromatic carbocycles. The van der Waals surface area contributed by atoms with Crippen LogP contribution in [-0.2, 0) is 16.6 Å². The highest BCUT2D eigenvalue weighted by Gasteiger charge is 2.35. The number of fused-ring (bicyclic) bond motifs is 2. The lowest BCUT2D eigenvalue weighted by Crippen LogP contribution is -2.18. The van der Waals surface area contributed by atoms with Crippen molar-refractivity contribution in [2.24, 2.45) is 17.8 Å². The Hall–Kier alpha value is -1.09. The second kappa shape index (κ2) is 5.49. The number of nitrogens with one attached hydrogen (secondary N) is 1. The van der Waals surface area contributed by atoms with Crippen LogP contribution in [0, 0.1) is 17.8 Å². The maximum atomic E-state index is 11.3. The second-order valence-corrected chi connectivity index (χ2v) is 7.27. The molecule has 102 valence electrons. The molecule has 2 aliphatic rings. The molecule has 2 bridgehead atoms. The lowest BCUT2D eigenvalue weighted by Gasteiger charge is -2.19. The fourth-order valence-electron chi connectivity index (χ4n) is 3.38. The van der Waals surface area contributed by atoms with Gasteiger partial charge in [0.05, 0.1) is 0 Å². The van der Waals surface area contributed by atoms with Gasteiger partial charge in [-0.25, -0.2) is 0 Å². The highest BCUT2D eigenvalue weighted by Crippen LogP contribution is 2.43. The topological polar surface area (TPSA) is 29.1 Å². The summed E-state index contributed by atoms with van der Waals surface area (Å²) in [6.07, 6.45) is 9.24. The van der Waals surface area contributed by atoms with Gasteiger partial charge in [-0.3, -0.25) is 4.21 Å². The first kappa shape index (κ1) is 12.9. The number of hydrogen-bond donors (Lipinski definition) is 1. The monoisotopic (exact) mass is 275 g/mol. The van der Waals surface area contributed by atoms with Crippen molar-refractivity contribution in [3.05, 3.63) is 42.0 Å². The van der Waals surface area contributed by atoms with Crippen LogP contribution in [0.4, 0.5) is 5.69 Å². The molecule has 0 radical (unpaired) electrons. The van der Waals surface area contributed by atoms with E-state index < -0.39 is 10.8 Å². The van der Waals surface area contributed by atoms with Gasteiger partial charge in [-0.05, 0) is 48.3 Å². The Balaban J connectivity index is 1.58. The van der Waals surface area contributed by atoms with Crippen LogP contribution >= 0.6 is 0 Å². The summed E-state index contributed by atoms with van der Waals surface area (Å²) in [5.41, 5.74) is 2.31. The highest BCUT2D eigenvalue weighted by molar-refractivity contribution is 7.83. The number of allylic oxidation sites excluding steroid dienone is 2. The molecule has 3 heteroatoms. The van der Waals surface area contributed by atoms with Crippen molar-refractivity contribution < 1.29 is 4.21 Å². The van der Waals surface area contributed by atoms with Gasteiger partial charge in [0.2, 0.25) is 0 Å². The molecule has 2 nitrogen and oxygen atoms in total. The smallest absolute Gasteiger partial charge is 0.0483 e. The average Bonchev–Trinajstić information content (AvgIpc) is 2.98. The minimum Gasteiger partial charge on any atom is -0.385 e. The zero-order valence-electron chi connectivity index (χ0n) is 11.3. The summed E-state index contributed by atoms with van der Waals surface area (Å²) in [6.45, 7) is 1.06. The van der Waals surface area contributed by atoms with Crippen LogP contribution in [0.2, 0.25) is 0 Å². The standard InChI is InChI=1S/C16H21NOS/c1-19(18)11-13-3-2-4-16(9-13)17-10-15-8-12-5-6-14(15)7-12/h2-6,9,12,14-15,17H,7-8,10-11H2,1H3/t12-,14-,15+,19-/m0/s1. The van der Waals surface area contributed by atoms with Gasteiger partial charge in [0.15, 0.2) is 0 Å². The molecule has 0 aliphatic heterocycles. The van der Waals surface area contributed by atoms with E-state index in [0.29, 0.717) is 5.75 Å². The van der Waals surface area contributed by atoms with Crippen LogP contribution in [0.15, 0.2) is 36.4 Å². The molecule has 1 fully saturated rings. The Labute approximate surface area is 117 Å². The van der Waals surface area contributed by atoms with Crippen LogP contribution < -0.4 is 5.32 Å². The van der Waals surface area contributed by atoms with Gasteiger partial charge in [0.25, 0.3) is 0 Å². The Morgan fingerprint density at radius 3 is 2.89 bits per heavy atom. The van der Waals surface area contributed by atoms with Crippen molar-refractivity contribution in [2.75, 3.05) is 18.1 Å². The number of hydrogen-bond acceptors (Lipinski definition) is 2. The summed E-state index contributed by atoms with van der Waals surface area (Å²) < 4.78 is 11.3. The minimum atomic E-state index is -0.769. The van der Waals surface area contributed by atoms with Crippen molar-refractivity contribution in [1.29, 1.82) is 0 Å². The van der Waals surface area contributed by atoms with Crippen LogP contribution in [0.5, 0.6) is 0 Å². The Morgan fingerprint density at radius 1 is 1.32 bits per heavy atom. The molecule has 0 unspecified atom stereocenters. The van der Waals surface area contributed by atoms with Gasteiger partial charge >= 0.3 is 0 Å². The Morgan fingerprint density at radius 2 is 2.21 bits per heavy atom. The van der Waals surface area contributed by atoms with E-state index in [0.717, 1.165) is 35.5 Å². The average molecular weight is 275 g/mol. The SMILES string of the molecule is C[S@](=O)Cc1cccc(NC[C@H]2C[C@H]3C=C[C@H]2C3)c1. The molecule has 1 aromatic rings. The summed E-state index contributed by atoms with van der Waals surface area (Å²) in [6, 6.07) is 8.33. The quantitative estimate of drug-likeness (QED) is 0.836. The summed E-state index contributed by atoms with van der Waals surface area (Å²) >= 11 is 0. The molecule has 1 N–H and O–H groups in total. The van der Waals surface area contributed by atoms with Gasteiger partial charge in [-0.1, -0.05) is 24.3 Å². The summed E-state index contributed by atoms with van der Waals surface area (Å²) in [5.74, 6) is 3.07.